The van der Waals surface area contributed by atoms with Gasteiger partial charge in [0.1, 0.15) is 5.76 Å². The molecule has 1 amide bonds. The Labute approximate surface area is 118 Å². The number of carbonyl (C=O) groups excluding carboxylic acids is 1. The van der Waals surface area contributed by atoms with E-state index in [9.17, 15) is 4.79 Å². The second-order valence-electron chi connectivity index (χ2n) is 5.38. The van der Waals surface area contributed by atoms with E-state index in [0.717, 1.165) is 0 Å². The highest BCUT2D eigenvalue weighted by Crippen LogP contribution is 2.33. The largest absolute Gasteiger partial charge is 0.360 e. The van der Waals surface area contributed by atoms with Crippen LogP contribution in [-0.2, 0) is 0 Å². The molecule has 0 radical (unpaired) electrons. The third kappa shape index (κ3) is 2.74. The molecular formula is C16H18N2O2. The lowest BCUT2D eigenvalue weighted by Crippen LogP contribution is -2.12. The number of hydrogen-bond acceptors (Lipinski definition) is 3. The first-order valence-corrected chi connectivity index (χ1v) is 7.07. The normalized spacial score (nSPS) is 15.4. The van der Waals surface area contributed by atoms with Crippen LogP contribution >= 0.6 is 0 Å². The average molecular weight is 270 g/mol. The number of benzene rings is 1. The summed E-state index contributed by atoms with van der Waals surface area (Å²) in [5.74, 6) is 1.64. The molecule has 1 fully saturated rings. The lowest BCUT2D eigenvalue weighted by atomic mass is 9.96. The van der Waals surface area contributed by atoms with Crippen molar-refractivity contribution in [1.29, 1.82) is 0 Å². The summed E-state index contributed by atoms with van der Waals surface area (Å²) in [5.41, 5.74) is 1.99. The van der Waals surface area contributed by atoms with Crippen molar-refractivity contribution in [1.82, 2.24) is 5.16 Å². The zero-order chi connectivity index (χ0) is 13.9. The zero-order valence-electron chi connectivity index (χ0n) is 11.6. The smallest absolute Gasteiger partial charge is 0.256 e. The van der Waals surface area contributed by atoms with Crippen molar-refractivity contribution >= 4 is 11.7 Å². The van der Waals surface area contributed by atoms with Crippen molar-refractivity contribution in [2.24, 2.45) is 0 Å². The number of rotatable bonds is 3. The minimum atomic E-state index is -0.156. The number of anilines is 1. The SMILES string of the molecule is Cc1cc(NC(=O)c2ccc(C3CCCC3)cc2)no1. The summed E-state index contributed by atoms with van der Waals surface area (Å²) in [7, 11) is 0. The molecule has 2 aromatic rings. The average Bonchev–Trinajstić information content (AvgIpc) is 3.11. The van der Waals surface area contributed by atoms with Gasteiger partial charge in [-0.1, -0.05) is 30.1 Å². The molecule has 20 heavy (non-hydrogen) atoms. The summed E-state index contributed by atoms with van der Waals surface area (Å²) in [5, 5.41) is 6.48. The fourth-order valence-corrected chi connectivity index (χ4v) is 2.78. The van der Waals surface area contributed by atoms with Gasteiger partial charge in [-0.25, -0.2) is 0 Å². The van der Waals surface area contributed by atoms with Crippen LogP contribution in [0.3, 0.4) is 0 Å². The van der Waals surface area contributed by atoms with E-state index in [1.165, 1.54) is 31.2 Å². The number of aromatic nitrogens is 1. The Balaban J connectivity index is 1.68. The molecule has 0 atom stereocenters. The third-order valence-corrected chi connectivity index (χ3v) is 3.87. The summed E-state index contributed by atoms with van der Waals surface area (Å²) >= 11 is 0. The lowest BCUT2D eigenvalue weighted by Gasteiger charge is -2.09. The molecule has 1 aromatic heterocycles. The monoisotopic (exact) mass is 270 g/mol. The summed E-state index contributed by atoms with van der Waals surface area (Å²) in [6.07, 6.45) is 5.17. The molecule has 0 spiro atoms. The molecule has 3 rings (SSSR count). The first kappa shape index (κ1) is 12.9. The highest BCUT2D eigenvalue weighted by atomic mass is 16.5. The molecular weight excluding hydrogens is 252 g/mol. The predicted molar refractivity (Wildman–Crippen MR) is 76.8 cm³/mol. The minimum Gasteiger partial charge on any atom is -0.360 e. The van der Waals surface area contributed by atoms with Crippen molar-refractivity contribution in [3.05, 3.63) is 47.2 Å². The number of nitrogens with one attached hydrogen (secondary N) is 1. The van der Waals surface area contributed by atoms with Gasteiger partial charge in [0.05, 0.1) is 0 Å². The molecule has 0 aliphatic heterocycles. The summed E-state index contributed by atoms with van der Waals surface area (Å²) in [4.78, 5) is 12.1. The standard InChI is InChI=1S/C16H18N2O2/c1-11-10-15(18-20-11)17-16(19)14-8-6-13(7-9-14)12-4-2-3-5-12/h6-10,12H,2-5H2,1H3,(H,17,18,19). The Morgan fingerprint density at radius 1 is 1.25 bits per heavy atom. The number of carbonyl (C=O) groups is 1. The predicted octanol–water partition coefficient (Wildman–Crippen LogP) is 3.89. The van der Waals surface area contributed by atoms with Crippen molar-refractivity contribution < 1.29 is 9.32 Å². The zero-order valence-corrected chi connectivity index (χ0v) is 11.6. The van der Waals surface area contributed by atoms with E-state index in [2.05, 4.69) is 22.6 Å². The van der Waals surface area contributed by atoms with Crippen LogP contribution in [0.1, 0.15) is 53.3 Å². The fraction of sp³-hybridized carbons (Fsp3) is 0.375. The van der Waals surface area contributed by atoms with E-state index >= 15 is 0 Å². The van der Waals surface area contributed by atoms with Crippen molar-refractivity contribution in [3.8, 4) is 0 Å². The van der Waals surface area contributed by atoms with Gasteiger partial charge < -0.3 is 9.84 Å². The van der Waals surface area contributed by atoms with Crippen LogP contribution < -0.4 is 5.32 Å². The first-order valence-electron chi connectivity index (χ1n) is 7.07. The molecule has 1 aliphatic rings. The number of aryl methyl sites for hydroxylation is 1. The van der Waals surface area contributed by atoms with Crippen molar-refractivity contribution in [2.45, 2.75) is 38.5 Å². The molecule has 1 aliphatic carbocycles. The van der Waals surface area contributed by atoms with Crippen molar-refractivity contribution in [2.75, 3.05) is 5.32 Å². The van der Waals surface area contributed by atoms with Crippen LogP contribution in [0.4, 0.5) is 5.82 Å². The maximum atomic E-state index is 12.1. The summed E-state index contributed by atoms with van der Waals surface area (Å²) in [6.45, 7) is 1.79. The van der Waals surface area contributed by atoms with Gasteiger partial charge in [-0.3, -0.25) is 4.79 Å². The Bertz CT molecular complexity index is 595. The van der Waals surface area contributed by atoms with Gasteiger partial charge in [0.2, 0.25) is 0 Å². The maximum Gasteiger partial charge on any atom is 0.256 e. The molecule has 4 nitrogen and oxygen atoms in total. The Kier molecular flexibility index (Phi) is 3.54. The van der Waals surface area contributed by atoms with Gasteiger partial charge in [-0.2, -0.15) is 0 Å². The lowest BCUT2D eigenvalue weighted by molar-refractivity contribution is 0.102. The van der Waals surface area contributed by atoms with E-state index in [4.69, 9.17) is 4.52 Å². The quantitative estimate of drug-likeness (QED) is 0.920. The van der Waals surface area contributed by atoms with Crippen LogP contribution in [-0.4, -0.2) is 11.1 Å². The molecule has 1 saturated carbocycles. The van der Waals surface area contributed by atoms with Gasteiger partial charge >= 0.3 is 0 Å². The third-order valence-electron chi connectivity index (χ3n) is 3.87. The minimum absolute atomic E-state index is 0.156. The Hall–Kier alpha value is -2.10. The molecule has 0 bridgehead atoms. The van der Waals surface area contributed by atoms with Crippen LogP contribution in [0.15, 0.2) is 34.9 Å². The van der Waals surface area contributed by atoms with E-state index < -0.39 is 0 Å². The molecule has 0 unspecified atom stereocenters. The highest BCUT2D eigenvalue weighted by molar-refractivity contribution is 6.03. The molecule has 0 saturated heterocycles. The Morgan fingerprint density at radius 2 is 1.95 bits per heavy atom. The van der Waals surface area contributed by atoms with E-state index in [0.29, 0.717) is 23.1 Å². The molecule has 1 N–H and O–H groups in total. The van der Waals surface area contributed by atoms with Gasteiger partial charge in [-0.15, -0.1) is 0 Å². The molecule has 4 heteroatoms. The van der Waals surface area contributed by atoms with Crippen LogP contribution in [0.5, 0.6) is 0 Å². The van der Waals surface area contributed by atoms with E-state index in [-0.39, 0.29) is 5.91 Å². The number of hydrogen-bond donors (Lipinski definition) is 1. The van der Waals surface area contributed by atoms with Gasteiger partial charge in [-0.05, 0) is 43.4 Å². The van der Waals surface area contributed by atoms with E-state index in [1.807, 2.05) is 12.1 Å². The van der Waals surface area contributed by atoms with E-state index in [1.54, 1.807) is 13.0 Å². The molecule has 1 aromatic carbocycles. The second kappa shape index (κ2) is 5.49. The second-order valence-corrected chi connectivity index (χ2v) is 5.38. The molecule has 1 heterocycles. The number of nitrogens with zero attached hydrogens (tertiary/aromatic N) is 1. The van der Waals surface area contributed by atoms with Gasteiger partial charge in [0.15, 0.2) is 5.82 Å². The number of amides is 1. The van der Waals surface area contributed by atoms with Crippen LogP contribution in [0, 0.1) is 6.92 Å². The maximum absolute atomic E-state index is 12.1. The highest BCUT2D eigenvalue weighted by Gasteiger charge is 2.17. The topological polar surface area (TPSA) is 55.1 Å². The van der Waals surface area contributed by atoms with Crippen LogP contribution in [0.2, 0.25) is 0 Å². The summed E-state index contributed by atoms with van der Waals surface area (Å²) in [6, 6.07) is 9.61. The van der Waals surface area contributed by atoms with Crippen LogP contribution in [0.25, 0.3) is 0 Å². The molecule has 104 valence electrons. The van der Waals surface area contributed by atoms with Crippen molar-refractivity contribution in [3.63, 3.8) is 0 Å². The van der Waals surface area contributed by atoms with Gasteiger partial charge in [0.25, 0.3) is 5.91 Å². The Morgan fingerprint density at radius 3 is 2.55 bits per heavy atom. The fourth-order valence-electron chi connectivity index (χ4n) is 2.78. The summed E-state index contributed by atoms with van der Waals surface area (Å²) < 4.78 is 4.92. The van der Waals surface area contributed by atoms with Gasteiger partial charge in [0, 0.05) is 11.6 Å². The first-order chi connectivity index (χ1) is 9.72.